The second-order valence-electron chi connectivity index (χ2n) is 8.57. The van der Waals surface area contributed by atoms with Gasteiger partial charge < -0.3 is 14.2 Å². The Bertz CT molecular complexity index is 887. The van der Waals surface area contributed by atoms with Crippen LogP contribution in [0.25, 0.3) is 0 Å². The monoisotopic (exact) mass is 443 g/mol. The highest BCUT2D eigenvalue weighted by Gasteiger charge is 2.38. The fourth-order valence-electron chi connectivity index (χ4n) is 4.88. The number of carbonyl (C=O) groups excluding carboxylic acids is 2. The minimum absolute atomic E-state index is 0.0380. The SMILES string of the molecule is CN(Cc1ccco1)C(=O)C(C1CCCC1)N1CCN(C(=O)c2ccccc2Cl)CC1. The fraction of sp³-hybridized carbons (Fsp3) is 0.500. The lowest BCUT2D eigenvalue weighted by atomic mass is 9.94. The van der Waals surface area contributed by atoms with E-state index < -0.39 is 0 Å². The molecule has 1 aromatic carbocycles. The number of rotatable bonds is 6. The van der Waals surface area contributed by atoms with Crippen LogP contribution >= 0.6 is 11.6 Å². The van der Waals surface area contributed by atoms with Gasteiger partial charge in [0.25, 0.3) is 5.91 Å². The summed E-state index contributed by atoms with van der Waals surface area (Å²) in [6.45, 7) is 3.06. The van der Waals surface area contributed by atoms with E-state index in [4.69, 9.17) is 16.0 Å². The Kier molecular flexibility index (Phi) is 6.98. The zero-order chi connectivity index (χ0) is 21.8. The molecular formula is C24H30ClN3O3. The van der Waals surface area contributed by atoms with E-state index in [-0.39, 0.29) is 17.9 Å². The van der Waals surface area contributed by atoms with Crippen molar-refractivity contribution in [2.75, 3.05) is 33.2 Å². The number of hydrogen-bond acceptors (Lipinski definition) is 4. The number of carbonyl (C=O) groups is 2. The molecule has 0 spiro atoms. The van der Waals surface area contributed by atoms with Crippen LogP contribution in [0, 0.1) is 5.92 Å². The van der Waals surface area contributed by atoms with Crippen molar-refractivity contribution in [1.82, 2.24) is 14.7 Å². The highest BCUT2D eigenvalue weighted by atomic mass is 35.5. The van der Waals surface area contributed by atoms with Crippen molar-refractivity contribution >= 4 is 23.4 Å². The summed E-state index contributed by atoms with van der Waals surface area (Å²) in [6, 6.07) is 10.8. The van der Waals surface area contributed by atoms with Gasteiger partial charge in [0, 0.05) is 33.2 Å². The van der Waals surface area contributed by atoms with Crippen molar-refractivity contribution in [3.8, 4) is 0 Å². The molecular weight excluding hydrogens is 414 g/mol. The minimum atomic E-state index is -0.139. The first-order valence-electron chi connectivity index (χ1n) is 11.1. The van der Waals surface area contributed by atoms with Crippen molar-refractivity contribution in [1.29, 1.82) is 0 Å². The predicted molar refractivity (Wildman–Crippen MR) is 120 cm³/mol. The second kappa shape index (κ2) is 9.88. The van der Waals surface area contributed by atoms with Crippen LogP contribution in [0.15, 0.2) is 47.1 Å². The highest BCUT2D eigenvalue weighted by Crippen LogP contribution is 2.32. The van der Waals surface area contributed by atoms with Crippen LogP contribution in [0.5, 0.6) is 0 Å². The van der Waals surface area contributed by atoms with Crippen molar-refractivity contribution in [3.63, 3.8) is 0 Å². The van der Waals surface area contributed by atoms with E-state index >= 15 is 0 Å². The van der Waals surface area contributed by atoms with Crippen molar-refractivity contribution in [2.24, 2.45) is 5.92 Å². The number of likely N-dealkylation sites (N-methyl/N-ethyl adjacent to an activating group) is 1. The molecule has 31 heavy (non-hydrogen) atoms. The Hall–Kier alpha value is -2.31. The Morgan fingerprint density at radius 3 is 2.45 bits per heavy atom. The number of hydrogen-bond donors (Lipinski definition) is 0. The summed E-state index contributed by atoms with van der Waals surface area (Å²) in [5, 5.41) is 0.480. The van der Waals surface area contributed by atoms with Gasteiger partial charge in [-0.25, -0.2) is 0 Å². The van der Waals surface area contributed by atoms with Gasteiger partial charge in [0.1, 0.15) is 5.76 Å². The number of amides is 2. The van der Waals surface area contributed by atoms with Gasteiger partial charge in [0.05, 0.1) is 29.4 Å². The first-order chi connectivity index (χ1) is 15.0. The van der Waals surface area contributed by atoms with E-state index in [0.29, 0.717) is 49.2 Å². The van der Waals surface area contributed by atoms with Gasteiger partial charge >= 0.3 is 0 Å². The average Bonchev–Trinajstić information content (AvgIpc) is 3.49. The topological polar surface area (TPSA) is 57.0 Å². The molecule has 2 heterocycles. The Balaban J connectivity index is 1.43. The maximum absolute atomic E-state index is 13.5. The largest absolute Gasteiger partial charge is 0.467 e. The summed E-state index contributed by atoms with van der Waals surface area (Å²) in [5.41, 5.74) is 0.541. The predicted octanol–water partition coefficient (Wildman–Crippen LogP) is 3.91. The van der Waals surface area contributed by atoms with Crippen LogP contribution in [0.3, 0.4) is 0 Å². The summed E-state index contributed by atoms with van der Waals surface area (Å²) in [7, 11) is 1.85. The van der Waals surface area contributed by atoms with Gasteiger partial charge in [-0.15, -0.1) is 0 Å². The van der Waals surface area contributed by atoms with E-state index in [1.165, 1.54) is 12.8 Å². The molecule has 2 aromatic rings. The molecule has 7 heteroatoms. The number of piperazine rings is 1. The van der Waals surface area contributed by atoms with Crippen molar-refractivity contribution < 1.29 is 14.0 Å². The molecule has 2 aliphatic rings. The lowest BCUT2D eigenvalue weighted by Crippen LogP contribution is -2.58. The molecule has 166 valence electrons. The molecule has 0 N–H and O–H groups in total. The molecule has 2 amide bonds. The van der Waals surface area contributed by atoms with Crippen molar-refractivity contribution in [2.45, 2.75) is 38.3 Å². The number of nitrogens with zero attached hydrogens (tertiary/aromatic N) is 3. The lowest BCUT2D eigenvalue weighted by Gasteiger charge is -2.42. The maximum Gasteiger partial charge on any atom is 0.255 e. The fourth-order valence-corrected chi connectivity index (χ4v) is 5.09. The summed E-state index contributed by atoms with van der Waals surface area (Å²) in [4.78, 5) is 32.3. The zero-order valence-corrected chi connectivity index (χ0v) is 18.8. The molecule has 4 rings (SSSR count). The number of benzene rings is 1. The third-order valence-electron chi connectivity index (χ3n) is 6.55. The smallest absolute Gasteiger partial charge is 0.255 e. The van der Waals surface area contributed by atoms with Gasteiger partial charge in [-0.2, -0.15) is 0 Å². The molecule has 1 aromatic heterocycles. The van der Waals surface area contributed by atoms with E-state index in [1.54, 1.807) is 23.3 Å². The van der Waals surface area contributed by atoms with Crippen LogP contribution in [-0.4, -0.2) is 65.8 Å². The third kappa shape index (κ3) is 4.96. The molecule has 1 saturated heterocycles. The van der Waals surface area contributed by atoms with Gasteiger partial charge in [0.2, 0.25) is 5.91 Å². The molecule has 1 aliphatic heterocycles. The van der Waals surface area contributed by atoms with Crippen LogP contribution in [0.2, 0.25) is 5.02 Å². The van der Waals surface area contributed by atoms with Gasteiger partial charge in [-0.1, -0.05) is 36.6 Å². The quantitative estimate of drug-likeness (QED) is 0.679. The number of halogens is 1. The maximum atomic E-state index is 13.5. The summed E-state index contributed by atoms with van der Waals surface area (Å²) in [6.07, 6.45) is 6.17. The van der Waals surface area contributed by atoms with Gasteiger partial charge in [-0.05, 0) is 43.0 Å². The van der Waals surface area contributed by atoms with Crippen LogP contribution in [-0.2, 0) is 11.3 Å². The third-order valence-corrected chi connectivity index (χ3v) is 6.88. The summed E-state index contributed by atoms with van der Waals surface area (Å²) < 4.78 is 5.43. The number of furan rings is 1. The lowest BCUT2D eigenvalue weighted by molar-refractivity contribution is -0.139. The molecule has 1 saturated carbocycles. The zero-order valence-electron chi connectivity index (χ0n) is 18.0. The molecule has 2 fully saturated rings. The average molecular weight is 444 g/mol. The molecule has 1 aliphatic carbocycles. The van der Waals surface area contributed by atoms with Crippen molar-refractivity contribution in [3.05, 3.63) is 59.0 Å². The Labute approximate surface area is 188 Å². The van der Waals surface area contributed by atoms with E-state index in [9.17, 15) is 9.59 Å². The van der Waals surface area contributed by atoms with Gasteiger partial charge in [0.15, 0.2) is 0 Å². The standard InChI is InChI=1S/C24H30ClN3O3/c1-26(17-19-9-6-16-31-19)24(30)22(18-7-2-3-8-18)27-12-14-28(15-13-27)23(29)20-10-4-5-11-21(20)25/h4-6,9-11,16,18,22H,2-3,7-8,12-15,17H2,1H3. The van der Waals surface area contributed by atoms with Crippen LogP contribution in [0.4, 0.5) is 0 Å². The van der Waals surface area contributed by atoms with Gasteiger partial charge in [-0.3, -0.25) is 14.5 Å². The van der Waals surface area contributed by atoms with E-state index in [2.05, 4.69) is 4.90 Å². The first kappa shape index (κ1) is 21.9. The second-order valence-corrected chi connectivity index (χ2v) is 8.98. The molecule has 0 radical (unpaired) electrons. The summed E-state index contributed by atoms with van der Waals surface area (Å²) in [5.74, 6) is 1.27. The first-order valence-corrected chi connectivity index (χ1v) is 11.5. The van der Waals surface area contributed by atoms with E-state index in [0.717, 1.165) is 18.6 Å². The molecule has 6 nitrogen and oxygen atoms in total. The normalized spacial score (nSPS) is 18.8. The van der Waals surface area contributed by atoms with Crippen LogP contribution < -0.4 is 0 Å². The molecule has 0 bridgehead atoms. The molecule has 1 unspecified atom stereocenters. The highest BCUT2D eigenvalue weighted by molar-refractivity contribution is 6.33. The summed E-state index contributed by atoms with van der Waals surface area (Å²) >= 11 is 6.22. The Morgan fingerprint density at radius 1 is 1.10 bits per heavy atom. The van der Waals surface area contributed by atoms with Crippen LogP contribution in [0.1, 0.15) is 41.8 Å². The Morgan fingerprint density at radius 2 is 1.81 bits per heavy atom. The minimum Gasteiger partial charge on any atom is -0.467 e. The molecule has 1 atom stereocenters. The van der Waals surface area contributed by atoms with E-state index in [1.807, 2.05) is 36.2 Å².